The summed E-state index contributed by atoms with van der Waals surface area (Å²) < 4.78 is 7.34. The highest BCUT2D eigenvalue weighted by Crippen LogP contribution is 2.37. The molecule has 3 rings (SSSR count). The zero-order valence-electron chi connectivity index (χ0n) is 14.3. The molecule has 6 heteroatoms. The zero-order chi connectivity index (χ0) is 18.0. The van der Waals surface area contributed by atoms with Gasteiger partial charge < -0.3 is 10.1 Å². The number of rotatable bonds is 4. The standard InChI is InChI=1S/C19H21N3O3/c1-4-15-12(2)13(3)18(25-15)22-11-10-16(21-19(22)24)20-17(23)14-8-6-5-7-9-14/h5-12,15,18H,3-4H2,1-2H3,(H,20,21,23,24)/t12-,15-,18-/m1/s1. The summed E-state index contributed by atoms with van der Waals surface area (Å²) in [6.45, 7) is 8.15. The lowest BCUT2D eigenvalue weighted by Gasteiger charge is -2.15. The molecule has 0 spiro atoms. The van der Waals surface area contributed by atoms with Gasteiger partial charge in [0.2, 0.25) is 0 Å². The minimum Gasteiger partial charge on any atom is -0.350 e. The molecule has 1 fully saturated rings. The fraction of sp³-hybridized carbons (Fsp3) is 0.316. The Morgan fingerprint density at radius 2 is 2.04 bits per heavy atom. The summed E-state index contributed by atoms with van der Waals surface area (Å²) in [7, 11) is 0. The first-order valence-electron chi connectivity index (χ1n) is 8.31. The average Bonchev–Trinajstić information content (AvgIpc) is 2.91. The van der Waals surface area contributed by atoms with E-state index in [-0.39, 0.29) is 23.7 Å². The summed E-state index contributed by atoms with van der Waals surface area (Å²) in [6.07, 6.45) is 1.96. The fourth-order valence-corrected chi connectivity index (χ4v) is 2.97. The second-order valence-electron chi connectivity index (χ2n) is 6.12. The molecule has 0 bridgehead atoms. The van der Waals surface area contributed by atoms with Gasteiger partial charge in [-0.25, -0.2) is 4.79 Å². The van der Waals surface area contributed by atoms with Gasteiger partial charge in [-0.3, -0.25) is 9.36 Å². The number of carbonyl (C=O) groups is 1. The van der Waals surface area contributed by atoms with Crippen molar-refractivity contribution in [2.45, 2.75) is 32.6 Å². The van der Waals surface area contributed by atoms with Crippen LogP contribution < -0.4 is 11.0 Å². The third kappa shape index (κ3) is 3.39. The number of hydrogen-bond acceptors (Lipinski definition) is 4. The molecule has 1 aliphatic heterocycles. The van der Waals surface area contributed by atoms with E-state index in [4.69, 9.17) is 4.74 Å². The summed E-state index contributed by atoms with van der Waals surface area (Å²) in [5.74, 6) is 0.0737. The molecule has 1 aromatic carbocycles. The van der Waals surface area contributed by atoms with Gasteiger partial charge >= 0.3 is 5.69 Å². The van der Waals surface area contributed by atoms with Crippen molar-refractivity contribution in [2.75, 3.05) is 5.32 Å². The van der Waals surface area contributed by atoms with Crippen molar-refractivity contribution < 1.29 is 9.53 Å². The second kappa shape index (κ2) is 7.03. The molecule has 0 aliphatic carbocycles. The first-order chi connectivity index (χ1) is 12.0. The van der Waals surface area contributed by atoms with Crippen LogP contribution in [0.25, 0.3) is 0 Å². The molecule has 1 N–H and O–H groups in total. The van der Waals surface area contributed by atoms with Gasteiger partial charge in [-0.05, 0) is 30.2 Å². The topological polar surface area (TPSA) is 73.2 Å². The van der Waals surface area contributed by atoms with Crippen molar-refractivity contribution in [2.24, 2.45) is 5.92 Å². The third-order valence-electron chi connectivity index (χ3n) is 4.53. The smallest absolute Gasteiger partial charge is 0.350 e. The number of aromatic nitrogens is 2. The van der Waals surface area contributed by atoms with Crippen molar-refractivity contribution in [3.63, 3.8) is 0 Å². The van der Waals surface area contributed by atoms with Gasteiger partial charge in [0.15, 0.2) is 6.23 Å². The minimum absolute atomic E-state index is 0.0434. The molecule has 1 aromatic heterocycles. The van der Waals surface area contributed by atoms with Crippen LogP contribution in [0.5, 0.6) is 0 Å². The van der Waals surface area contributed by atoms with Crippen LogP contribution in [0.4, 0.5) is 5.82 Å². The fourth-order valence-electron chi connectivity index (χ4n) is 2.97. The van der Waals surface area contributed by atoms with Crippen LogP contribution in [-0.4, -0.2) is 21.6 Å². The molecule has 2 heterocycles. The lowest BCUT2D eigenvalue weighted by Crippen LogP contribution is -2.28. The van der Waals surface area contributed by atoms with Crippen LogP contribution in [0.2, 0.25) is 0 Å². The van der Waals surface area contributed by atoms with E-state index in [1.807, 2.05) is 19.9 Å². The number of nitrogens with zero attached hydrogens (tertiary/aromatic N) is 2. The highest BCUT2D eigenvalue weighted by atomic mass is 16.5. The van der Waals surface area contributed by atoms with Crippen LogP contribution >= 0.6 is 0 Å². The number of anilines is 1. The van der Waals surface area contributed by atoms with Crippen molar-refractivity contribution in [1.82, 2.24) is 9.55 Å². The highest BCUT2D eigenvalue weighted by Gasteiger charge is 2.36. The summed E-state index contributed by atoms with van der Waals surface area (Å²) in [5.41, 5.74) is 0.874. The van der Waals surface area contributed by atoms with Crippen LogP contribution in [0.1, 0.15) is 36.9 Å². The largest absolute Gasteiger partial charge is 0.351 e. The summed E-state index contributed by atoms with van der Waals surface area (Å²) in [5, 5.41) is 2.63. The number of nitrogens with one attached hydrogen (secondary N) is 1. The number of hydrogen-bond donors (Lipinski definition) is 1. The van der Waals surface area contributed by atoms with Crippen LogP contribution in [-0.2, 0) is 4.74 Å². The molecule has 0 unspecified atom stereocenters. The molecule has 0 radical (unpaired) electrons. The first kappa shape index (κ1) is 17.1. The summed E-state index contributed by atoms with van der Waals surface area (Å²) in [4.78, 5) is 28.5. The van der Waals surface area contributed by atoms with E-state index in [2.05, 4.69) is 16.9 Å². The van der Waals surface area contributed by atoms with Gasteiger partial charge in [0.25, 0.3) is 5.91 Å². The zero-order valence-corrected chi connectivity index (χ0v) is 14.3. The van der Waals surface area contributed by atoms with E-state index in [1.165, 1.54) is 4.57 Å². The molecule has 1 saturated heterocycles. The normalized spacial score (nSPS) is 22.8. The molecule has 2 aromatic rings. The van der Waals surface area contributed by atoms with E-state index >= 15 is 0 Å². The van der Waals surface area contributed by atoms with E-state index in [0.29, 0.717) is 5.56 Å². The van der Waals surface area contributed by atoms with Crippen molar-refractivity contribution in [3.8, 4) is 0 Å². The lowest BCUT2D eigenvalue weighted by atomic mass is 9.97. The van der Waals surface area contributed by atoms with Gasteiger partial charge in [-0.2, -0.15) is 4.98 Å². The predicted octanol–water partition coefficient (Wildman–Crippen LogP) is 3.00. The molecule has 3 atom stereocenters. The highest BCUT2D eigenvalue weighted by molar-refractivity contribution is 6.03. The van der Waals surface area contributed by atoms with Gasteiger partial charge in [0.05, 0.1) is 6.10 Å². The SMILES string of the molecule is C=C1[C@@H](C)[C@@H](CC)O[C@H]1n1ccc(NC(=O)c2ccccc2)nc1=O. The van der Waals surface area contributed by atoms with E-state index < -0.39 is 11.9 Å². The Kier molecular flexibility index (Phi) is 4.81. The molecular formula is C19H21N3O3. The van der Waals surface area contributed by atoms with Gasteiger partial charge in [0, 0.05) is 17.7 Å². The van der Waals surface area contributed by atoms with Gasteiger partial charge in [0.1, 0.15) is 5.82 Å². The molecular weight excluding hydrogens is 318 g/mol. The number of carbonyl (C=O) groups excluding carboxylic acids is 1. The predicted molar refractivity (Wildman–Crippen MR) is 95.4 cm³/mol. The van der Waals surface area contributed by atoms with Crippen molar-refractivity contribution in [1.29, 1.82) is 0 Å². The Labute approximate surface area is 146 Å². The Bertz CT molecular complexity index is 844. The van der Waals surface area contributed by atoms with E-state index in [1.54, 1.807) is 36.5 Å². The van der Waals surface area contributed by atoms with Crippen LogP contribution in [0, 0.1) is 5.92 Å². The Morgan fingerprint density at radius 3 is 2.64 bits per heavy atom. The number of benzene rings is 1. The van der Waals surface area contributed by atoms with E-state index in [0.717, 1.165) is 12.0 Å². The summed E-state index contributed by atoms with van der Waals surface area (Å²) in [6, 6.07) is 10.3. The van der Waals surface area contributed by atoms with Crippen LogP contribution in [0.3, 0.4) is 0 Å². The Morgan fingerprint density at radius 1 is 1.32 bits per heavy atom. The first-order valence-corrected chi connectivity index (χ1v) is 8.31. The van der Waals surface area contributed by atoms with Gasteiger partial charge in [-0.15, -0.1) is 0 Å². The lowest BCUT2D eigenvalue weighted by molar-refractivity contribution is -0.000233. The second-order valence-corrected chi connectivity index (χ2v) is 6.12. The maximum absolute atomic E-state index is 12.4. The quantitative estimate of drug-likeness (QED) is 0.869. The Hall–Kier alpha value is -2.73. The van der Waals surface area contributed by atoms with Crippen LogP contribution in [0.15, 0.2) is 59.5 Å². The molecule has 25 heavy (non-hydrogen) atoms. The monoisotopic (exact) mass is 339 g/mol. The van der Waals surface area contributed by atoms with Crippen molar-refractivity contribution >= 4 is 11.7 Å². The third-order valence-corrected chi connectivity index (χ3v) is 4.53. The maximum atomic E-state index is 12.4. The van der Waals surface area contributed by atoms with Gasteiger partial charge in [-0.1, -0.05) is 38.6 Å². The summed E-state index contributed by atoms with van der Waals surface area (Å²) >= 11 is 0. The minimum atomic E-state index is -0.515. The van der Waals surface area contributed by atoms with Crippen molar-refractivity contribution in [3.05, 3.63) is 70.8 Å². The maximum Gasteiger partial charge on any atom is 0.351 e. The molecule has 1 aliphatic rings. The Balaban J connectivity index is 1.79. The number of amides is 1. The molecule has 1 amide bonds. The molecule has 130 valence electrons. The molecule has 0 saturated carbocycles. The molecule has 6 nitrogen and oxygen atoms in total. The van der Waals surface area contributed by atoms with E-state index in [9.17, 15) is 9.59 Å². The average molecular weight is 339 g/mol. The number of ether oxygens (including phenoxy) is 1.